The maximum Gasteiger partial charge on any atom is 0.416 e. The van der Waals surface area contributed by atoms with Gasteiger partial charge in [-0.1, -0.05) is 0 Å². The van der Waals surface area contributed by atoms with Gasteiger partial charge < -0.3 is 9.94 Å². The molecule has 0 aliphatic carbocycles. The summed E-state index contributed by atoms with van der Waals surface area (Å²) in [7, 11) is 1.71. The molecule has 8 heteroatoms. The zero-order chi connectivity index (χ0) is 14.1. The Hall–Kier alpha value is -1.64. The number of rotatable bonds is 2. The molecule has 5 nitrogen and oxygen atoms in total. The Morgan fingerprint density at radius 1 is 1.39 bits per heavy atom. The first kappa shape index (κ1) is 14.4. The Morgan fingerprint density at radius 2 is 1.94 bits per heavy atom. The van der Waals surface area contributed by atoms with E-state index < -0.39 is 33.8 Å². The largest absolute Gasteiger partial charge is 0.593 e. The summed E-state index contributed by atoms with van der Waals surface area (Å²) in [6.07, 6.45) is -4.74. The van der Waals surface area contributed by atoms with E-state index in [2.05, 4.69) is 4.74 Å². The Balaban J connectivity index is 3.44. The number of esters is 1. The predicted octanol–water partition coefficient (Wildman–Crippen LogP) is 2.32. The highest BCUT2D eigenvalue weighted by Crippen LogP contribution is 2.33. The van der Waals surface area contributed by atoms with Gasteiger partial charge in [0.2, 0.25) is 0 Å². The molecule has 0 saturated carbocycles. The third-order valence-corrected chi connectivity index (χ3v) is 2.15. The fraction of sp³-hybridized carbons (Fsp3) is 0.300. The van der Waals surface area contributed by atoms with E-state index in [9.17, 15) is 23.2 Å². The number of hydrogen-bond acceptors (Lipinski definition) is 4. The second-order valence-corrected chi connectivity index (χ2v) is 3.64. The topological polar surface area (TPSA) is 69.6 Å². The quantitative estimate of drug-likeness (QED) is 0.506. The number of ether oxygens (including phenoxy) is 1. The molecule has 0 heterocycles. The van der Waals surface area contributed by atoms with Gasteiger partial charge in [0.15, 0.2) is 5.69 Å². The lowest BCUT2D eigenvalue weighted by Crippen LogP contribution is -2.34. The standard InChI is InChI=1S/C10H10F3NO4/c1-14(16,17)8-4-6(9(15)18-2)3-7(5-8)10(11,12)13/h3-5,16H,1-2H3. The zero-order valence-electron chi connectivity index (χ0n) is 9.49. The number of hydrogen-bond donors (Lipinski definition) is 1. The number of carbonyl (C=O) groups excluding carboxylic acids is 1. The first-order valence-corrected chi connectivity index (χ1v) is 4.67. The van der Waals surface area contributed by atoms with Gasteiger partial charge in [0.25, 0.3) is 0 Å². The fourth-order valence-corrected chi connectivity index (χ4v) is 1.25. The average Bonchev–Trinajstić information content (AvgIpc) is 2.25. The van der Waals surface area contributed by atoms with Crippen LogP contribution in [0.2, 0.25) is 0 Å². The minimum Gasteiger partial charge on any atom is -0.593 e. The van der Waals surface area contributed by atoms with E-state index in [1.54, 1.807) is 0 Å². The Bertz CT molecular complexity index is 433. The maximum absolute atomic E-state index is 12.6. The summed E-state index contributed by atoms with van der Waals surface area (Å²) in [4.78, 5) is 9.12. The van der Waals surface area contributed by atoms with Gasteiger partial charge >= 0.3 is 12.1 Å². The van der Waals surface area contributed by atoms with Crippen molar-refractivity contribution in [2.24, 2.45) is 0 Å². The molecule has 1 atom stereocenters. The lowest BCUT2D eigenvalue weighted by molar-refractivity contribution is -0.137. The van der Waals surface area contributed by atoms with Crippen molar-refractivity contribution in [3.63, 3.8) is 0 Å². The van der Waals surface area contributed by atoms with Crippen molar-refractivity contribution in [3.8, 4) is 0 Å². The molecule has 1 rings (SSSR count). The maximum atomic E-state index is 12.6. The molecule has 0 aliphatic heterocycles. The zero-order valence-corrected chi connectivity index (χ0v) is 9.49. The summed E-state index contributed by atoms with van der Waals surface area (Å²) < 4.78 is 42.0. The molecule has 100 valence electrons. The van der Waals surface area contributed by atoms with Gasteiger partial charge in [-0.15, -0.1) is 0 Å². The number of quaternary nitrogens is 1. The van der Waals surface area contributed by atoms with E-state index in [4.69, 9.17) is 5.21 Å². The highest BCUT2D eigenvalue weighted by Gasteiger charge is 2.33. The van der Waals surface area contributed by atoms with E-state index >= 15 is 0 Å². The molecule has 0 bridgehead atoms. The van der Waals surface area contributed by atoms with Gasteiger partial charge in [-0.25, -0.2) is 10.0 Å². The highest BCUT2D eigenvalue weighted by atomic mass is 19.4. The monoisotopic (exact) mass is 265 g/mol. The van der Waals surface area contributed by atoms with Crippen molar-refractivity contribution in [1.82, 2.24) is 4.81 Å². The van der Waals surface area contributed by atoms with Crippen molar-refractivity contribution in [2.75, 3.05) is 14.2 Å². The van der Waals surface area contributed by atoms with Crippen LogP contribution in [0.5, 0.6) is 0 Å². The number of benzene rings is 1. The number of alkyl halides is 3. The van der Waals surface area contributed by atoms with Crippen LogP contribution in [0, 0.1) is 5.21 Å². The van der Waals surface area contributed by atoms with Crippen molar-refractivity contribution in [1.29, 1.82) is 0 Å². The Labute approximate surface area is 100 Å². The normalized spacial score (nSPS) is 15.1. The van der Waals surface area contributed by atoms with E-state index in [1.165, 1.54) is 0 Å². The molecule has 0 spiro atoms. The molecule has 0 amide bonds. The summed E-state index contributed by atoms with van der Waals surface area (Å²) >= 11 is 0. The summed E-state index contributed by atoms with van der Waals surface area (Å²) in [6, 6.07) is 1.86. The molecule has 0 saturated heterocycles. The first-order valence-electron chi connectivity index (χ1n) is 4.67. The lowest BCUT2D eigenvalue weighted by atomic mass is 10.1. The minimum absolute atomic E-state index is 0.462. The van der Waals surface area contributed by atoms with Crippen LogP contribution in [0.3, 0.4) is 0 Å². The van der Waals surface area contributed by atoms with Gasteiger partial charge in [0, 0.05) is 12.1 Å². The third kappa shape index (κ3) is 3.19. The molecular weight excluding hydrogens is 255 g/mol. The molecule has 0 aliphatic rings. The number of nitrogens with zero attached hydrogens (tertiary/aromatic N) is 1. The van der Waals surface area contributed by atoms with Gasteiger partial charge in [0.1, 0.15) is 7.05 Å². The van der Waals surface area contributed by atoms with Crippen LogP contribution in [0.15, 0.2) is 18.2 Å². The number of methoxy groups -OCH3 is 1. The molecule has 1 unspecified atom stereocenters. The lowest BCUT2D eigenvalue weighted by Gasteiger charge is -2.28. The van der Waals surface area contributed by atoms with Crippen LogP contribution in [-0.4, -0.2) is 25.3 Å². The SMILES string of the molecule is COC(=O)c1cc(C(F)(F)F)cc([N+](C)([O-])O)c1. The van der Waals surface area contributed by atoms with E-state index in [1.807, 2.05) is 0 Å². The smallest absolute Gasteiger partial charge is 0.416 e. The summed E-state index contributed by atoms with van der Waals surface area (Å²) in [5.41, 5.74) is -2.29. The van der Waals surface area contributed by atoms with Gasteiger partial charge in [-0.05, 0) is 6.07 Å². The van der Waals surface area contributed by atoms with Crippen molar-refractivity contribution < 1.29 is 27.9 Å². The molecular formula is C10H10F3NO4. The van der Waals surface area contributed by atoms with E-state index in [0.717, 1.165) is 20.2 Å². The van der Waals surface area contributed by atoms with Crippen LogP contribution in [0.1, 0.15) is 15.9 Å². The van der Waals surface area contributed by atoms with Crippen LogP contribution in [0.25, 0.3) is 0 Å². The summed E-state index contributed by atoms with van der Waals surface area (Å²) in [6.45, 7) is 0. The molecule has 0 fully saturated rings. The number of halogens is 3. The molecule has 0 radical (unpaired) electrons. The van der Waals surface area contributed by atoms with Gasteiger partial charge in [-0.2, -0.15) is 18.0 Å². The molecule has 18 heavy (non-hydrogen) atoms. The van der Waals surface area contributed by atoms with Crippen LogP contribution < -0.4 is 4.81 Å². The molecule has 1 aromatic rings. The molecule has 0 aromatic heterocycles. The second kappa shape index (κ2) is 4.56. The van der Waals surface area contributed by atoms with Gasteiger partial charge in [-0.3, -0.25) is 0 Å². The predicted molar refractivity (Wildman–Crippen MR) is 55.7 cm³/mol. The highest BCUT2D eigenvalue weighted by molar-refractivity contribution is 5.90. The van der Waals surface area contributed by atoms with Crippen LogP contribution in [-0.2, 0) is 10.9 Å². The summed E-state index contributed by atoms with van der Waals surface area (Å²) in [5.74, 6) is -1.03. The van der Waals surface area contributed by atoms with Crippen molar-refractivity contribution >= 4 is 11.7 Å². The third-order valence-electron chi connectivity index (χ3n) is 2.15. The number of carbonyl (C=O) groups is 1. The molecule has 1 N–H and O–H groups in total. The Morgan fingerprint density at radius 3 is 2.33 bits per heavy atom. The Kier molecular flexibility index (Phi) is 3.65. The minimum atomic E-state index is -4.74. The van der Waals surface area contributed by atoms with Crippen molar-refractivity contribution in [2.45, 2.75) is 6.18 Å². The van der Waals surface area contributed by atoms with E-state index in [-0.39, 0.29) is 0 Å². The second-order valence-electron chi connectivity index (χ2n) is 3.64. The van der Waals surface area contributed by atoms with Crippen molar-refractivity contribution in [3.05, 3.63) is 34.5 Å². The first-order chi connectivity index (χ1) is 8.05. The summed E-state index contributed by atoms with van der Waals surface area (Å²) in [5, 5.41) is 20.3. The van der Waals surface area contributed by atoms with E-state index in [0.29, 0.717) is 12.1 Å². The average molecular weight is 265 g/mol. The molecule has 1 aromatic carbocycles. The number of hydroxylamine groups is 2. The van der Waals surface area contributed by atoms with Crippen LogP contribution >= 0.6 is 0 Å². The van der Waals surface area contributed by atoms with Gasteiger partial charge in [0.05, 0.1) is 18.2 Å². The van der Waals surface area contributed by atoms with Crippen LogP contribution in [0.4, 0.5) is 18.9 Å². The fourth-order valence-electron chi connectivity index (χ4n) is 1.25.